The van der Waals surface area contributed by atoms with E-state index in [1.807, 2.05) is 18.2 Å². The average Bonchev–Trinajstić information content (AvgIpc) is 3.11. The molecule has 2 rings (SSSR count). The summed E-state index contributed by atoms with van der Waals surface area (Å²) >= 11 is 0. The molecular formula is C14H18N2. The molecule has 0 spiro atoms. The molecule has 0 bridgehead atoms. The smallest absolute Gasteiger partial charge is 0.0991 e. The summed E-state index contributed by atoms with van der Waals surface area (Å²) in [4.78, 5) is 0. The Bertz CT molecular complexity index is 411. The molecule has 2 nitrogen and oxygen atoms in total. The summed E-state index contributed by atoms with van der Waals surface area (Å²) in [5.74, 6) is 0.826. The van der Waals surface area contributed by atoms with Crippen molar-refractivity contribution >= 4 is 0 Å². The van der Waals surface area contributed by atoms with Gasteiger partial charge >= 0.3 is 0 Å². The number of rotatable bonds is 4. The largest absolute Gasteiger partial charge is 0.307 e. The lowest BCUT2D eigenvalue weighted by Gasteiger charge is -2.26. The van der Waals surface area contributed by atoms with E-state index in [1.54, 1.807) is 0 Å². The summed E-state index contributed by atoms with van der Waals surface area (Å²) in [6, 6.07) is 9.98. The molecule has 16 heavy (non-hydrogen) atoms. The average molecular weight is 214 g/mol. The molecule has 1 aliphatic carbocycles. The molecule has 0 amide bonds. The first kappa shape index (κ1) is 11.2. The topological polar surface area (TPSA) is 35.8 Å². The summed E-state index contributed by atoms with van der Waals surface area (Å²) in [6.45, 7) is 5.37. The predicted octanol–water partition coefficient (Wildman–Crippen LogP) is 2.84. The van der Waals surface area contributed by atoms with Crippen LogP contribution in [-0.2, 0) is 6.54 Å². The van der Waals surface area contributed by atoms with Gasteiger partial charge in [-0.1, -0.05) is 12.1 Å². The van der Waals surface area contributed by atoms with E-state index in [2.05, 4.69) is 31.3 Å². The normalized spacial score (nSPS) is 15.8. The van der Waals surface area contributed by atoms with Crippen molar-refractivity contribution in [2.45, 2.75) is 38.8 Å². The Hall–Kier alpha value is -1.33. The van der Waals surface area contributed by atoms with Crippen LogP contribution in [0.25, 0.3) is 0 Å². The molecule has 0 aliphatic heterocycles. The molecule has 0 unspecified atom stereocenters. The van der Waals surface area contributed by atoms with Gasteiger partial charge in [0.25, 0.3) is 0 Å². The molecular weight excluding hydrogens is 196 g/mol. The van der Waals surface area contributed by atoms with E-state index in [4.69, 9.17) is 5.26 Å². The van der Waals surface area contributed by atoms with Gasteiger partial charge in [0.2, 0.25) is 0 Å². The van der Waals surface area contributed by atoms with Crippen molar-refractivity contribution in [3.8, 4) is 6.07 Å². The van der Waals surface area contributed by atoms with Gasteiger partial charge in [-0.15, -0.1) is 0 Å². The standard InChI is InChI=1S/C14H18N2/c1-14(2,13-6-7-13)16-10-12-5-3-4-11(8-12)9-15/h3-5,8,13,16H,6-7,10H2,1-2H3. The molecule has 0 heterocycles. The fourth-order valence-electron chi connectivity index (χ4n) is 2.03. The van der Waals surface area contributed by atoms with Crippen LogP contribution in [0.3, 0.4) is 0 Å². The molecule has 1 aliphatic rings. The Morgan fingerprint density at radius 3 is 2.81 bits per heavy atom. The van der Waals surface area contributed by atoms with Crippen molar-refractivity contribution < 1.29 is 0 Å². The van der Waals surface area contributed by atoms with E-state index in [9.17, 15) is 0 Å². The van der Waals surface area contributed by atoms with E-state index in [1.165, 1.54) is 18.4 Å². The molecule has 0 radical (unpaired) electrons. The van der Waals surface area contributed by atoms with Crippen molar-refractivity contribution in [1.29, 1.82) is 5.26 Å². The maximum absolute atomic E-state index is 8.82. The van der Waals surface area contributed by atoms with Crippen LogP contribution >= 0.6 is 0 Å². The molecule has 1 aromatic carbocycles. The van der Waals surface area contributed by atoms with Crippen molar-refractivity contribution in [3.63, 3.8) is 0 Å². The Morgan fingerprint density at radius 2 is 2.19 bits per heavy atom. The van der Waals surface area contributed by atoms with Crippen molar-refractivity contribution in [3.05, 3.63) is 35.4 Å². The number of nitrogens with one attached hydrogen (secondary N) is 1. The Labute approximate surface area is 97.3 Å². The van der Waals surface area contributed by atoms with Gasteiger partial charge in [0.05, 0.1) is 11.6 Å². The van der Waals surface area contributed by atoms with E-state index in [0.717, 1.165) is 18.0 Å². The second-order valence-corrected chi connectivity index (χ2v) is 5.16. The third-order valence-corrected chi connectivity index (χ3v) is 3.40. The van der Waals surface area contributed by atoms with Crippen molar-refractivity contribution in [2.24, 2.45) is 5.92 Å². The van der Waals surface area contributed by atoms with Crippen LogP contribution in [-0.4, -0.2) is 5.54 Å². The minimum absolute atomic E-state index is 0.225. The van der Waals surface area contributed by atoms with Crippen LogP contribution < -0.4 is 5.32 Å². The van der Waals surface area contributed by atoms with Crippen molar-refractivity contribution in [1.82, 2.24) is 5.32 Å². The minimum Gasteiger partial charge on any atom is -0.307 e. The second kappa shape index (κ2) is 4.27. The Kier molecular flexibility index (Phi) is 2.98. The van der Waals surface area contributed by atoms with Crippen LogP contribution in [0, 0.1) is 17.2 Å². The van der Waals surface area contributed by atoms with E-state index in [-0.39, 0.29) is 5.54 Å². The maximum atomic E-state index is 8.82. The fourth-order valence-corrected chi connectivity index (χ4v) is 2.03. The predicted molar refractivity (Wildman–Crippen MR) is 64.8 cm³/mol. The van der Waals surface area contributed by atoms with Crippen LogP contribution in [0.15, 0.2) is 24.3 Å². The molecule has 0 atom stereocenters. The summed E-state index contributed by atoms with van der Waals surface area (Å²) in [6.07, 6.45) is 2.69. The Balaban J connectivity index is 1.96. The number of nitrogens with zero attached hydrogens (tertiary/aromatic N) is 1. The SMILES string of the molecule is CC(C)(NCc1cccc(C#N)c1)C1CC1. The van der Waals surface area contributed by atoms with E-state index in [0.29, 0.717) is 0 Å². The van der Waals surface area contributed by atoms with Gasteiger partial charge in [0.1, 0.15) is 0 Å². The van der Waals surface area contributed by atoms with Gasteiger partial charge in [0.15, 0.2) is 0 Å². The molecule has 1 aromatic rings. The third-order valence-electron chi connectivity index (χ3n) is 3.40. The molecule has 1 saturated carbocycles. The zero-order chi connectivity index (χ0) is 11.6. The van der Waals surface area contributed by atoms with Gasteiger partial charge in [-0.2, -0.15) is 5.26 Å². The molecule has 2 heteroatoms. The number of hydrogen-bond acceptors (Lipinski definition) is 2. The lowest BCUT2D eigenvalue weighted by atomic mass is 9.98. The summed E-state index contributed by atoms with van der Waals surface area (Å²) < 4.78 is 0. The number of nitriles is 1. The molecule has 1 N–H and O–H groups in total. The lowest BCUT2D eigenvalue weighted by molar-refractivity contribution is 0.339. The lowest BCUT2D eigenvalue weighted by Crippen LogP contribution is -2.40. The number of benzene rings is 1. The summed E-state index contributed by atoms with van der Waals surface area (Å²) in [7, 11) is 0. The Morgan fingerprint density at radius 1 is 1.44 bits per heavy atom. The zero-order valence-electron chi connectivity index (χ0n) is 9.96. The van der Waals surface area contributed by atoms with Crippen LogP contribution in [0.4, 0.5) is 0 Å². The van der Waals surface area contributed by atoms with Crippen molar-refractivity contribution in [2.75, 3.05) is 0 Å². The second-order valence-electron chi connectivity index (χ2n) is 5.16. The van der Waals surface area contributed by atoms with E-state index >= 15 is 0 Å². The molecule has 0 saturated heterocycles. The highest BCUT2D eigenvalue weighted by molar-refractivity contribution is 5.32. The summed E-state index contributed by atoms with van der Waals surface area (Å²) in [5, 5.41) is 12.4. The van der Waals surface area contributed by atoms with Crippen LogP contribution in [0.5, 0.6) is 0 Å². The van der Waals surface area contributed by atoms with Crippen LogP contribution in [0.2, 0.25) is 0 Å². The summed E-state index contributed by atoms with van der Waals surface area (Å²) in [5.41, 5.74) is 2.15. The maximum Gasteiger partial charge on any atom is 0.0991 e. The highest BCUT2D eigenvalue weighted by Gasteiger charge is 2.36. The highest BCUT2D eigenvalue weighted by atomic mass is 15.0. The van der Waals surface area contributed by atoms with Gasteiger partial charge in [-0.3, -0.25) is 0 Å². The minimum atomic E-state index is 0.225. The quantitative estimate of drug-likeness (QED) is 0.836. The van der Waals surface area contributed by atoms with E-state index < -0.39 is 0 Å². The molecule has 0 aromatic heterocycles. The highest BCUT2D eigenvalue weighted by Crippen LogP contribution is 2.39. The first-order valence-corrected chi connectivity index (χ1v) is 5.86. The molecule has 1 fully saturated rings. The van der Waals surface area contributed by atoms with Gasteiger partial charge in [0, 0.05) is 12.1 Å². The fraction of sp³-hybridized carbons (Fsp3) is 0.500. The van der Waals surface area contributed by atoms with Gasteiger partial charge < -0.3 is 5.32 Å². The van der Waals surface area contributed by atoms with Gasteiger partial charge in [-0.25, -0.2) is 0 Å². The van der Waals surface area contributed by atoms with Crippen LogP contribution in [0.1, 0.15) is 37.8 Å². The van der Waals surface area contributed by atoms with Gasteiger partial charge in [-0.05, 0) is 50.3 Å². The number of hydrogen-bond donors (Lipinski definition) is 1. The third kappa shape index (κ3) is 2.62. The monoisotopic (exact) mass is 214 g/mol. The zero-order valence-corrected chi connectivity index (χ0v) is 9.96. The first-order chi connectivity index (χ1) is 7.62. The first-order valence-electron chi connectivity index (χ1n) is 5.86. The molecule has 84 valence electrons.